The van der Waals surface area contributed by atoms with Gasteiger partial charge in [-0.2, -0.15) is 0 Å². The number of carbonyl (C=O) groups is 2. The summed E-state index contributed by atoms with van der Waals surface area (Å²) in [4.78, 5) is 28.5. The van der Waals surface area contributed by atoms with Gasteiger partial charge in [0.25, 0.3) is 5.91 Å². The Kier molecular flexibility index (Phi) is 6.08. The van der Waals surface area contributed by atoms with Crippen LogP contribution in [0.25, 0.3) is 0 Å². The molecule has 0 N–H and O–H groups in total. The smallest absolute Gasteiger partial charge is 0.289 e. The molecule has 1 fully saturated rings. The van der Waals surface area contributed by atoms with Crippen LogP contribution in [-0.2, 0) is 11.2 Å². The van der Waals surface area contributed by atoms with Gasteiger partial charge in [-0.05, 0) is 29.8 Å². The summed E-state index contributed by atoms with van der Waals surface area (Å²) in [7, 11) is 4.62. The van der Waals surface area contributed by atoms with Crippen molar-refractivity contribution in [3.8, 4) is 17.2 Å². The van der Waals surface area contributed by atoms with Crippen LogP contribution in [0.1, 0.15) is 16.1 Å². The van der Waals surface area contributed by atoms with E-state index in [0.717, 1.165) is 5.56 Å². The molecule has 8 heteroatoms. The van der Waals surface area contributed by atoms with Gasteiger partial charge in [0, 0.05) is 26.2 Å². The van der Waals surface area contributed by atoms with Crippen LogP contribution in [0, 0.1) is 0 Å². The molecule has 0 atom stereocenters. The number of rotatable bonds is 6. The molecule has 0 radical (unpaired) electrons. The van der Waals surface area contributed by atoms with Crippen LogP contribution in [0.3, 0.4) is 0 Å². The predicted molar refractivity (Wildman–Crippen MR) is 101 cm³/mol. The summed E-state index contributed by atoms with van der Waals surface area (Å²) in [5.74, 6) is 1.67. The van der Waals surface area contributed by atoms with E-state index in [1.54, 1.807) is 34.1 Å². The molecule has 0 bridgehead atoms. The van der Waals surface area contributed by atoms with E-state index in [9.17, 15) is 9.59 Å². The zero-order chi connectivity index (χ0) is 20.1. The lowest BCUT2D eigenvalue weighted by Gasteiger charge is -2.34. The molecule has 1 saturated heterocycles. The highest BCUT2D eigenvalue weighted by Crippen LogP contribution is 2.38. The minimum absolute atomic E-state index is 0.0145. The number of benzene rings is 1. The van der Waals surface area contributed by atoms with E-state index in [2.05, 4.69) is 0 Å². The molecule has 2 heterocycles. The normalized spacial score (nSPS) is 14.0. The first-order valence-corrected chi connectivity index (χ1v) is 8.96. The number of methoxy groups -OCH3 is 3. The van der Waals surface area contributed by atoms with Crippen LogP contribution in [0.15, 0.2) is 34.9 Å². The highest BCUT2D eigenvalue weighted by atomic mass is 16.5. The van der Waals surface area contributed by atoms with Crippen molar-refractivity contribution in [1.29, 1.82) is 0 Å². The van der Waals surface area contributed by atoms with E-state index in [1.165, 1.54) is 27.6 Å². The molecule has 1 aromatic carbocycles. The molecule has 2 amide bonds. The van der Waals surface area contributed by atoms with Gasteiger partial charge in [-0.3, -0.25) is 9.59 Å². The summed E-state index contributed by atoms with van der Waals surface area (Å²) in [6.45, 7) is 1.91. The molecule has 0 unspecified atom stereocenters. The predicted octanol–water partition coefficient (Wildman–Crippen LogP) is 1.83. The van der Waals surface area contributed by atoms with E-state index in [-0.39, 0.29) is 18.2 Å². The topological polar surface area (TPSA) is 81.5 Å². The zero-order valence-corrected chi connectivity index (χ0v) is 16.3. The Morgan fingerprint density at radius 2 is 1.57 bits per heavy atom. The summed E-state index contributed by atoms with van der Waals surface area (Å²) in [5, 5.41) is 0. The molecule has 28 heavy (non-hydrogen) atoms. The van der Waals surface area contributed by atoms with Crippen molar-refractivity contribution in [2.45, 2.75) is 6.42 Å². The fraction of sp³-hybridized carbons (Fsp3) is 0.400. The average molecular weight is 388 g/mol. The molecule has 1 aliphatic rings. The zero-order valence-electron chi connectivity index (χ0n) is 16.3. The maximum atomic E-state index is 12.7. The van der Waals surface area contributed by atoms with Crippen molar-refractivity contribution in [2.24, 2.45) is 0 Å². The van der Waals surface area contributed by atoms with Gasteiger partial charge in [-0.25, -0.2) is 0 Å². The van der Waals surface area contributed by atoms with Crippen molar-refractivity contribution >= 4 is 11.8 Å². The second-order valence-corrected chi connectivity index (χ2v) is 6.36. The summed E-state index contributed by atoms with van der Waals surface area (Å²) >= 11 is 0. The van der Waals surface area contributed by atoms with Gasteiger partial charge in [0.15, 0.2) is 17.3 Å². The first kappa shape index (κ1) is 19.6. The maximum Gasteiger partial charge on any atom is 0.289 e. The van der Waals surface area contributed by atoms with Crippen LogP contribution < -0.4 is 14.2 Å². The number of carbonyl (C=O) groups excluding carboxylic acids is 2. The highest BCUT2D eigenvalue weighted by molar-refractivity contribution is 5.91. The first-order chi connectivity index (χ1) is 13.6. The Morgan fingerprint density at radius 3 is 2.07 bits per heavy atom. The number of ether oxygens (including phenoxy) is 3. The largest absolute Gasteiger partial charge is 0.493 e. The number of hydrogen-bond acceptors (Lipinski definition) is 6. The molecular formula is C20H24N2O6. The first-order valence-electron chi connectivity index (χ1n) is 8.96. The maximum absolute atomic E-state index is 12.7. The SMILES string of the molecule is COc1cc(CC(=O)N2CCN(C(=O)c3ccco3)CC2)cc(OC)c1OC. The molecule has 1 aromatic heterocycles. The van der Waals surface area contributed by atoms with E-state index in [4.69, 9.17) is 18.6 Å². The van der Waals surface area contributed by atoms with Crippen LogP contribution in [0.4, 0.5) is 0 Å². The summed E-state index contributed by atoms with van der Waals surface area (Å²) in [6, 6.07) is 6.88. The standard InChI is InChI=1S/C20H24N2O6/c1-25-16-11-14(12-17(26-2)19(16)27-3)13-18(23)21-6-8-22(9-7-21)20(24)15-5-4-10-28-15/h4-5,10-12H,6-9,13H2,1-3H3. The third-order valence-electron chi connectivity index (χ3n) is 4.73. The number of amides is 2. The Morgan fingerprint density at radius 1 is 0.964 bits per heavy atom. The van der Waals surface area contributed by atoms with E-state index < -0.39 is 0 Å². The Balaban J connectivity index is 1.62. The summed E-state index contributed by atoms with van der Waals surface area (Å²) < 4.78 is 21.1. The van der Waals surface area contributed by atoms with Gasteiger partial charge in [0.1, 0.15) is 0 Å². The molecule has 0 spiro atoms. The Labute approximate surface area is 163 Å². The minimum atomic E-state index is -0.151. The van der Waals surface area contributed by atoms with Gasteiger partial charge in [-0.1, -0.05) is 0 Å². The van der Waals surface area contributed by atoms with Crippen molar-refractivity contribution in [3.63, 3.8) is 0 Å². The monoisotopic (exact) mass is 388 g/mol. The van der Waals surface area contributed by atoms with E-state index in [0.29, 0.717) is 49.2 Å². The highest BCUT2D eigenvalue weighted by Gasteiger charge is 2.26. The molecule has 3 rings (SSSR count). The summed E-state index contributed by atoms with van der Waals surface area (Å²) in [5.41, 5.74) is 0.772. The van der Waals surface area contributed by atoms with E-state index >= 15 is 0 Å². The molecule has 150 valence electrons. The number of piperazine rings is 1. The van der Waals surface area contributed by atoms with Crippen LogP contribution in [0.2, 0.25) is 0 Å². The van der Waals surface area contributed by atoms with Crippen molar-refractivity contribution in [3.05, 3.63) is 41.9 Å². The van der Waals surface area contributed by atoms with Crippen molar-refractivity contribution in [1.82, 2.24) is 9.80 Å². The quantitative estimate of drug-likeness (QED) is 0.751. The lowest BCUT2D eigenvalue weighted by atomic mass is 10.1. The van der Waals surface area contributed by atoms with Crippen molar-refractivity contribution < 1.29 is 28.2 Å². The number of furan rings is 1. The van der Waals surface area contributed by atoms with Crippen LogP contribution in [-0.4, -0.2) is 69.1 Å². The van der Waals surface area contributed by atoms with Gasteiger partial charge < -0.3 is 28.4 Å². The van der Waals surface area contributed by atoms with Crippen molar-refractivity contribution in [2.75, 3.05) is 47.5 Å². The third-order valence-corrected chi connectivity index (χ3v) is 4.73. The molecular weight excluding hydrogens is 364 g/mol. The molecule has 1 aliphatic heterocycles. The second-order valence-electron chi connectivity index (χ2n) is 6.36. The fourth-order valence-electron chi connectivity index (χ4n) is 3.24. The summed E-state index contributed by atoms with van der Waals surface area (Å²) in [6.07, 6.45) is 1.69. The molecule has 0 saturated carbocycles. The average Bonchev–Trinajstić information content (AvgIpc) is 3.27. The Hall–Kier alpha value is -3.16. The molecule has 0 aliphatic carbocycles. The fourth-order valence-corrected chi connectivity index (χ4v) is 3.24. The molecule has 8 nitrogen and oxygen atoms in total. The number of nitrogens with zero attached hydrogens (tertiary/aromatic N) is 2. The number of hydrogen-bond donors (Lipinski definition) is 0. The third kappa shape index (κ3) is 4.05. The van der Waals surface area contributed by atoms with E-state index in [1.807, 2.05) is 0 Å². The molecule has 2 aromatic rings. The lowest BCUT2D eigenvalue weighted by molar-refractivity contribution is -0.131. The van der Waals surface area contributed by atoms with Crippen LogP contribution in [0.5, 0.6) is 17.2 Å². The van der Waals surface area contributed by atoms with Gasteiger partial charge in [0.2, 0.25) is 11.7 Å². The van der Waals surface area contributed by atoms with Gasteiger partial charge in [-0.15, -0.1) is 0 Å². The second kappa shape index (κ2) is 8.69. The Bertz CT molecular complexity index is 800. The minimum Gasteiger partial charge on any atom is -0.493 e. The lowest BCUT2D eigenvalue weighted by Crippen LogP contribution is -2.50. The van der Waals surface area contributed by atoms with Gasteiger partial charge in [0.05, 0.1) is 34.0 Å². The van der Waals surface area contributed by atoms with Gasteiger partial charge >= 0.3 is 0 Å². The van der Waals surface area contributed by atoms with Crippen LogP contribution >= 0.6 is 0 Å².